The van der Waals surface area contributed by atoms with Gasteiger partial charge in [0.2, 0.25) is 0 Å². The number of carboxylic acids is 1. The fourth-order valence-corrected chi connectivity index (χ4v) is 4.10. The van der Waals surface area contributed by atoms with E-state index in [1.807, 2.05) is 36.0 Å². The highest BCUT2D eigenvalue weighted by molar-refractivity contribution is 7.15. The Morgan fingerprint density at radius 3 is 2.47 bits per heavy atom. The van der Waals surface area contributed by atoms with E-state index >= 15 is 0 Å². The van der Waals surface area contributed by atoms with E-state index in [-0.39, 0.29) is 11.1 Å². The van der Waals surface area contributed by atoms with E-state index in [0.717, 1.165) is 32.5 Å². The lowest BCUT2D eigenvalue weighted by Gasteiger charge is -2.18. The predicted octanol–water partition coefficient (Wildman–Crippen LogP) is 5.41. The Morgan fingerprint density at radius 2 is 1.81 bits per heavy atom. The third-order valence-corrected chi connectivity index (χ3v) is 6.01. The Morgan fingerprint density at radius 1 is 1.09 bits per heavy atom. The summed E-state index contributed by atoms with van der Waals surface area (Å²) in [6.07, 6.45) is 3.61. The van der Waals surface area contributed by atoms with Gasteiger partial charge in [0.25, 0.3) is 0 Å². The van der Waals surface area contributed by atoms with Gasteiger partial charge in [-0.3, -0.25) is 4.68 Å². The van der Waals surface area contributed by atoms with Crippen molar-refractivity contribution < 1.29 is 14.6 Å². The molecule has 4 aromatic rings. The van der Waals surface area contributed by atoms with Crippen molar-refractivity contribution in [3.05, 3.63) is 71.1 Å². The Balaban J connectivity index is 1.52. The normalized spacial score (nSPS) is 11.5. The molecule has 3 heterocycles. The fraction of sp³-hybridized carbons (Fsp3) is 0.250. The number of aryl methyl sites for hydroxylation is 1. The average Bonchev–Trinajstić information content (AvgIpc) is 3.39. The molecule has 7 nitrogen and oxygen atoms in total. The van der Waals surface area contributed by atoms with Gasteiger partial charge < -0.3 is 9.84 Å². The number of benzene rings is 1. The van der Waals surface area contributed by atoms with Crippen LogP contribution in [0.3, 0.4) is 0 Å². The summed E-state index contributed by atoms with van der Waals surface area (Å²) in [5, 5.41) is 14.3. The molecule has 0 bridgehead atoms. The molecule has 0 spiro atoms. The summed E-state index contributed by atoms with van der Waals surface area (Å²) < 4.78 is 7.77. The minimum Gasteiger partial charge on any atom is -0.483 e. The van der Waals surface area contributed by atoms with E-state index in [0.29, 0.717) is 12.4 Å². The molecule has 164 valence electrons. The van der Waals surface area contributed by atoms with Crippen molar-refractivity contribution in [2.45, 2.75) is 39.8 Å². The molecule has 4 rings (SSSR count). The van der Waals surface area contributed by atoms with Crippen LogP contribution in [0.25, 0.3) is 21.8 Å². The maximum absolute atomic E-state index is 11.1. The van der Waals surface area contributed by atoms with Gasteiger partial charge in [0.1, 0.15) is 11.6 Å². The van der Waals surface area contributed by atoms with Crippen LogP contribution >= 0.6 is 11.3 Å². The Bertz CT molecular complexity index is 1250. The van der Waals surface area contributed by atoms with Crippen LogP contribution in [-0.2, 0) is 12.1 Å². The van der Waals surface area contributed by atoms with Gasteiger partial charge in [-0.15, -0.1) is 11.3 Å². The van der Waals surface area contributed by atoms with Crippen molar-refractivity contribution in [1.82, 2.24) is 19.7 Å². The molecule has 32 heavy (non-hydrogen) atoms. The lowest BCUT2D eigenvalue weighted by Crippen LogP contribution is -2.21. The number of ether oxygens (including phenoxy) is 1. The second-order valence-corrected chi connectivity index (χ2v) is 9.48. The predicted molar refractivity (Wildman–Crippen MR) is 124 cm³/mol. The van der Waals surface area contributed by atoms with Gasteiger partial charge in [0.05, 0.1) is 45.5 Å². The molecule has 3 aromatic heterocycles. The second-order valence-electron chi connectivity index (χ2n) is 8.39. The number of thiazole rings is 1. The fourth-order valence-electron chi connectivity index (χ4n) is 3.15. The molecule has 0 atom stereocenters. The summed E-state index contributed by atoms with van der Waals surface area (Å²) in [7, 11) is 0. The zero-order chi connectivity index (χ0) is 22.9. The lowest BCUT2D eigenvalue weighted by molar-refractivity contribution is 0.0697. The van der Waals surface area contributed by atoms with E-state index in [1.54, 1.807) is 41.8 Å². The number of carbonyl (C=O) groups is 1. The quantitative estimate of drug-likeness (QED) is 0.424. The van der Waals surface area contributed by atoms with Crippen molar-refractivity contribution in [3.63, 3.8) is 0 Å². The minimum absolute atomic E-state index is 0.100. The van der Waals surface area contributed by atoms with Crippen LogP contribution in [0, 0.1) is 6.92 Å². The second kappa shape index (κ2) is 8.55. The Kier molecular flexibility index (Phi) is 5.80. The number of pyridine rings is 1. The van der Waals surface area contributed by atoms with Gasteiger partial charge in [-0.25, -0.2) is 14.8 Å². The number of hydrogen-bond donors (Lipinski definition) is 1. The first-order valence-corrected chi connectivity index (χ1v) is 11.0. The Hall–Kier alpha value is -3.52. The largest absolute Gasteiger partial charge is 0.483 e. The smallest absolute Gasteiger partial charge is 0.335 e. The summed E-state index contributed by atoms with van der Waals surface area (Å²) in [4.78, 5) is 21.5. The zero-order valence-electron chi connectivity index (χ0n) is 18.4. The molecule has 0 saturated carbocycles. The molecular weight excluding hydrogens is 424 g/mol. The van der Waals surface area contributed by atoms with Crippen LogP contribution in [0.2, 0.25) is 0 Å². The van der Waals surface area contributed by atoms with Gasteiger partial charge in [-0.1, -0.05) is 18.2 Å². The highest BCUT2D eigenvalue weighted by Crippen LogP contribution is 2.31. The molecule has 0 unspecified atom stereocenters. The third kappa shape index (κ3) is 4.70. The molecule has 1 N–H and O–H groups in total. The summed E-state index contributed by atoms with van der Waals surface area (Å²) in [6.45, 7) is 8.58. The van der Waals surface area contributed by atoms with Gasteiger partial charge in [0.15, 0.2) is 5.75 Å². The van der Waals surface area contributed by atoms with Crippen molar-refractivity contribution >= 4 is 17.3 Å². The first kappa shape index (κ1) is 21.7. The van der Waals surface area contributed by atoms with Crippen LogP contribution < -0.4 is 4.74 Å². The first-order chi connectivity index (χ1) is 15.2. The summed E-state index contributed by atoms with van der Waals surface area (Å²) >= 11 is 1.55. The van der Waals surface area contributed by atoms with Gasteiger partial charge >= 0.3 is 5.97 Å². The molecule has 0 fully saturated rings. The van der Waals surface area contributed by atoms with Gasteiger partial charge in [-0.2, -0.15) is 5.10 Å². The molecule has 8 heteroatoms. The Labute approximate surface area is 190 Å². The zero-order valence-corrected chi connectivity index (χ0v) is 19.2. The van der Waals surface area contributed by atoms with Crippen LogP contribution in [0.4, 0.5) is 0 Å². The van der Waals surface area contributed by atoms with E-state index in [9.17, 15) is 4.79 Å². The molecular formula is C24H24N4O3S. The van der Waals surface area contributed by atoms with Crippen LogP contribution in [0.15, 0.2) is 54.9 Å². The number of carboxylic acid groups (broad SMARTS) is 1. The maximum atomic E-state index is 11.1. The van der Waals surface area contributed by atoms with Crippen molar-refractivity contribution in [2.75, 3.05) is 0 Å². The highest BCUT2D eigenvalue weighted by Gasteiger charge is 2.16. The van der Waals surface area contributed by atoms with Crippen molar-refractivity contribution in [2.24, 2.45) is 0 Å². The van der Waals surface area contributed by atoms with E-state index in [2.05, 4.69) is 30.9 Å². The number of aromatic nitrogens is 4. The topological polar surface area (TPSA) is 90.1 Å². The molecule has 0 saturated heterocycles. The SMILES string of the molecule is Cc1nc(COc2cnn(C(C)(C)C)c2)sc1-c1cccc(-c2ccc(C(=O)O)cc2)n1. The van der Waals surface area contributed by atoms with Crippen LogP contribution in [0.1, 0.15) is 41.8 Å². The van der Waals surface area contributed by atoms with Crippen molar-refractivity contribution in [3.8, 4) is 27.6 Å². The lowest BCUT2D eigenvalue weighted by atomic mass is 10.1. The summed E-state index contributed by atoms with van der Waals surface area (Å²) in [5.74, 6) is -0.238. The first-order valence-electron chi connectivity index (χ1n) is 10.2. The number of hydrogen-bond acceptors (Lipinski definition) is 6. The summed E-state index contributed by atoms with van der Waals surface area (Å²) in [5.41, 5.74) is 3.51. The van der Waals surface area contributed by atoms with Crippen LogP contribution in [-0.4, -0.2) is 30.8 Å². The van der Waals surface area contributed by atoms with Gasteiger partial charge in [0, 0.05) is 5.56 Å². The molecule has 0 aliphatic heterocycles. The number of aromatic carboxylic acids is 1. The molecule has 1 aromatic carbocycles. The molecule has 0 amide bonds. The third-order valence-electron chi connectivity index (χ3n) is 4.86. The summed E-state index contributed by atoms with van der Waals surface area (Å²) in [6, 6.07) is 12.5. The average molecular weight is 449 g/mol. The monoisotopic (exact) mass is 448 g/mol. The molecule has 0 aliphatic carbocycles. The molecule has 0 aliphatic rings. The highest BCUT2D eigenvalue weighted by atomic mass is 32.1. The van der Waals surface area contributed by atoms with Crippen molar-refractivity contribution in [1.29, 1.82) is 0 Å². The minimum atomic E-state index is -0.945. The molecule has 0 radical (unpaired) electrons. The standard InChI is InChI=1S/C24H24N4O3S/c1-15-22(32-21(26-15)14-31-18-12-25-28(13-18)24(2,3)4)20-7-5-6-19(27-20)16-8-10-17(11-9-16)23(29)30/h5-13H,14H2,1-4H3,(H,29,30). The maximum Gasteiger partial charge on any atom is 0.335 e. The van der Waals surface area contributed by atoms with Crippen LogP contribution in [0.5, 0.6) is 5.75 Å². The van der Waals surface area contributed by atoms with E-state index < -0.39 is 5.97 Å². The number of nitrogens with zero attached hydrogens (tertiary/aromatic N) is 4. The number of rotatable bonds is 6. The van der Waals surface area contributed by atoms with Gasteiger partial charge in [-0.05, 0) is 52.0 Å². The van der Waals surface area contributed by atoms with E-state index in [1.165, 1.54) is 0 Å². The van der Waals surface area contributed by atoms with E-state index in [4.69, 9.17) is 14.8 Å².